The molecule has 5 heterocycles. The first kappa shape index (κ1) is 23.6. The highest BCUT2D eigenvalue weighted by molar-refractivity contribution is 6.33. The fourth-order valence-electron chi connectivity index (χ4n) is 5.45. The zero-order valence-corrected chi connectivity index (χ0v) is 21.0. The maximum atomic E-state index is 11.5. The number of aliphatic hydroxyl groups excluding tert-OH is 1. The number of aliphatic hydroxyl groups is 1. The molecule has 38 heavy (non-hydrogen) atoms. The topological polar surface area (TPSA) is 119 Å². The van der Waals surface area contributed by atoms with Crippen LogP contribution in [0.1, 0.15) is 17.9 Å². The molecular formula is C28H25ClN4O5. The summed E-state index contributed by atoms with van der Waals surface area (Å²) in [7, 11) is 0. The predicted molar refractivity (Wildman–Crippen MR) is 140 cm³/mol. The Hall–Kier alpha value is -3.50. The first-order chi connectivity index (χ1) is 18.5. The molecule has 0 bridgehead atoms. The van der Waals surface area contributed by atoms with Gasteiger partial charge in [0.25, 0.3) is 6.01 Å². The Labute approximate surface area is 223 Å². The number of pyridine rings is 1. The summed E-state index contributed by atoms with van der Waals surface area (Å²) < 4.78 is 17.2. The van der Waals surface area contributed by atoms with E-state index in [1.54, 1.807) is 6.07 Å². The third-order valence-corrected chi connectivity index (χ3v) is 7.79. The van der Waals surface area contributed by atoms with Crippen LogP contribution in [0.3, 0.4) is 0 Å². The van der Waals surface area contributed by atoms with E-state index in [1.165, 1.54) is 5.56 Å². The van der Waals surface area contributed by atoms with E-state index in [9.17, 15) is 9.90 Å². The van der Waals surface area contributed by atoms with Crippen molar-refractivity contribution in [1.82, 2.24) is 20.3 Å². The van der Waals surface area contributed by atoms with Crippen LogP contribution in [0, 0.1) is 0 Å². The van der Waals surface area contributed by atoms with Gasteiger partial charge in [-0.25, -0.2) is 4.98 Å². The summed E-state index contributed by atoms with van der Waals surface area (Å²) in [5.41, 5.74) is 5.99. The lowest BCUT2D eigenvalue weighted by Crippen LogP contribution is -2.34. The highest BCUT2D eigenvalue weighted by Gasteiger charge is 2.48. The van der Waals surface area contributed by atoms with Crippen molar-refractivity contribution in [1.29, 1.82) is 0 Å². The molecule has 0 saturated carbocycles. The van der Waals surface area contributed by atoms with Gasteiger partial charge in [0.2, 0.25) is 5.91 Å². The van der Waals surface area contributed by atoms with Gasteiger partial charge in [-0.1, -0.05) is 60.1 Å². The van der Waals surface area contributed by atoms with Crippen molar-refractivity contribution >= 4 is 28.7 Å². The molecule has 1 unspecified atom stereocenters. The number of H-pyrrole nitrogens is 1. The fourth-order valence-corrected chi connectivity index (χ4v) is 5.71. The second kappa shape index (κ2) is 9.36. The largest absolute Gasteiger partial charge is 0.456 e. The van der Waals surface area contributed by atoms with E-state index >= 15 is 0 Å². The molecule has 9 nitrogen and oxygen atoms in total. The van der Waals surface area contributed by atoms with E-state index in [0.29, 0.717) is 47.5 Å². The smallest absolute Gasteiger partial charge is 0.296 e. The van der Waals surface area contributed by atoms with Crippen LogP contribution < -0.4 is 10.1 Å². The number of aromatic amines is 1. The minimum absolute atomic E-state index is 0.111. The second-order valence-electron chi connectivity index (χ2n) is 9.96. The Balaban J connectivity index is 1.09. The predicted octanol–water partition coefficient (Wildman–Crippen LogP) is 3.45. The van der Waals surface area contributed by atoms with Crippen LogP contribution in [-0.2, 0) is 14.3 Å². The molecule has 0 spiro atoms. The Morgan fingerprint density at radius 2 is 1.66 bits per heavy atom. The number of fused-ring (bicyclic) bond motifs is 2. The van der Waals surface area contributed by atoms with E-state index in [-0.39, 0.29) is 36.7 Å². The van der Waals surface area contributed by atoms with Gasteiger partial charge in [-0.3, -0.25) is 4.79 Å². The SMILES string of the molecule is O=C1CC(c2ccc(-c3ccc(-c4nc5nc(O[C@@H]6CO[C@H]7[C@@H]6OC[C@H]7O)[nH]c5cc4Cl)cc3)cc2)CN1. The van der Waals surface area contributed by atoms with Crippen molar-refractivity contribution in [3.63, 3.8) is 0 Å². The summed E-state index contributed by atoms with van der Waals surface area (Å²) >= 11 is 6.61. The first-order valence-corrected chi connectivity index (χ1v) is 13.0. The standard InChI is InChI=1S/C28H25ClN4O5/c29-19-10-20-27(33-28(31-20)38-22-13-37-25-21(34)12-36-26(22)25)32-24(19)17-7-5-15(6-8-17)14-1-3-16(4-2-14)18-9-23(35)30-11-18/h1-8,10,18,21-22,25-26,34H,9,11-13H2,(H,30,35)(H,31,32,33)/t18?,21-,22-,25-,26-/m1/s1. The molecule has 2 aromatic carbocycles. The molecule has 3 aliphatic heterocycles. The van der Waals surface area contributed by atoms with Crippen LogP contribution in [0.25, 0.3) is 33.5 Å². The number of hydrogen-bond acceptors (Lipinski definition) is 7. The van der Waals surface area contributed by atoms with Gasteiger partial charge in [-0.15, -0.1) is 0 Å². The van der Waals surface area contributed by atoms with Gasteiger partial charge < -0.3 is 29.6 Å². The van der Waals surface area contributed by atoms with Crippen LogP contribution in [0.4, 0.5) is 0 Å². The molecule has 0 radical (unpaired) electrons. The van der Waals surface area contributed by atoms with Gasteiger partial charge in [0.1, 0.15) is 18.3 Å². The molecule has 4 aromatic rings. The minimum atomic E-state index is -0.639. The van der Waals surface area contributed by atoms with Crippen molar-refractivity contribution < 1.29 is 24.1 Å². The van der Waals surface area contributed by atoms with Gasteiger partial charge in [0.05, 0.1) is 29.4 Å². The molecule has 0 aliphatic carbocycles. The number of carbonyl (C=O) groups is 1. The normalized spacial score (nSPS) is 26.6. The molecule has 1 amide bonds. The molecule has 3 saturated heterocycles. The Bertz CT molecular complexity index is 1510. The molecular weight excluding hydrogens is 508 g/mol. The average molecular weight is 533 g/mol. The molecule has 3 aliphatic rings. The number of ether oxygens (including phenoxy) is 3. The summed E-state index contributed by atoms with van der Waals surface area (Å²) in [5, 5.41) is 13.3. The number of rotatable bonds is 5. The van der Waals surface area contributed by atoms with E-state index in [2.05, 4.69) is 39.6 Å². The number of nitrogens with zero attached hydrogens (tertiary/aromatic N) is 2. The highest BCUT2D eigenvalue weighted by atomic mass is 35.5. The lowest BCUT2D eigenvalue weighted by molar-refractivity contribution is -0.119. The van der Waals surface area contributed by atoms with Gasteiger partial charge in [0, 0.05) is 24.4 Å². The summed E-state index contributed by atoms with van der Waals surface area (Å²) in [6, 6.07) is 18.5. The molecule has 194 valence electrons. The zero-order chi connectivity index (χ0) is 25.8. The fraction of sp³-hybridized carbons (Fsp3) is 0.321. The van der Waals surface area contributed by atoms with Crippen LogP contribution >= 0.6 is 11.6 Å². The number of benzene rings is 2. The van der Waals surface area contributed by atoms with Crippen LogP contribution in [0.15, 0.2) is 54.6 Å². The van der Waals surface area contributed by atoms with E-state index < -0.39 is 6.10 Å². The number of amides is 1. The molecule has 7 rings (SSSR count). The van der Waals surface area contributed by atoms with Crippen molar-refractivity contribution in [3.8, 4) is 28.4 Å². The maximum Gasteiger partial charge on any atom is 0.296 e. The third kappa shape index (κ3) is 4.21. The lowest BCUT2D eigenvalue weighted by Gasteiger charge is -2.15. The van der Waals surface area contributed by atoms with Crippen molar-refractivity contribution in [2.45, 2.75) is 36.8 Å². The van der Waals surface area contributed by atoms with E-state index in [0.717, 1.165) is 16.7 Å². The summed E-state index contributed by atoms with van der Waals surface area (Å²) in [4.78, 5) is 23.8. The number of halogens is 1. The van der Waals surface area contributed by atoms with E-state index in [4.69, 9.17) is 30.8 Å². The van der Waals surface area contributed by atoms with Crippen molar-refractivity contribution in [2.24, 2.45) is 0 Å². The Morgan fingerprint density at radius 3 is 2.39 bits per heavy atom. The van der Waals surface area contributed by atoms with Gasteiger partial charge in [-0.2, -0.15) is 4.98 Å². The molecule has 2 aromatic heterocycles. The minimum Gasteiger partial charge on any atom is -0.456 e. The second-order valence-corrected chi connectivity index (χ2v) is 10.4. The summed E-state index contributed by atoms with van der Waals surface area (Å²) in [6.45, 7) is 1.25. The zero-order valence-electron chi connectivity index (χ0n) is 20.3. The number of imidazole rings is 1. The summed E-state index contributed by atoms with van der Waals surface area (Å²) in [5.74, 6) is 0.349. The van der Waals surface area contributed by atoms with Crippen LogP contribution in [0.2, 0.25) is 5.02 Å². The van der Waals surface area contributed by atoms with Gasteiger partial charge in [-0.05, 0) is 22.8 Å². The van der Waals surface area contributed by atoms with E-state index in [1.807, 2.05) is 24.3 Å². The van der Waals surface area contributed by atoms with Gasteiger partial charge >= 0.3 is 0 Å². The number of nitrogens with one attached hydrogen (secondary N) is 2. The molecule has 5 atom stereocenters. The van der Waals surface area contributed by atoms with Crippen LogP contribution in [0.5, 0.6) is 6.01 Å². The lowest BCUT2D eigenvalue weighted by atomic mass is 9.95. The summed E-state index contributed by atoms with van der Waals surface area (Å²) in [6.07, 6.45) is -1.17. The molecule has 3 fully saturated rings. The van der Waals surface area contributed by atoms with Gasteiger partial charge in [0.15, 0.2) is 11.8 Å². The Morgan fingerprint density at radius 1 is 0.947 bits per heavy atom. The average Bonchev–Trinajstić information content (AvgIpc) is 3.71. The number of carbonyl (C=O) groups excluding carboxylic acids is 1. The molecule has 3 N–H and O–H groups in total. The van der Waals surface area contributed by atoms with Crippen molar-refractivity contribution in [2.75, 3.05) is 19.8 Å². The molecule has 10 heteroatoms. The van der Waals surface area contributed by atoms with Crippen molar-refractivity contribution in [3.05, 3.63) is 65.2 Å². The maximum absolute atomic E-state index is 11.5. The van der Waals surface area contributed by atoms with Crippen LogP contribution in [-0.4, -0.2) is 70.1 Å². The monoisotopic (exact) mass is 532 g/mol. The number of hydrogen-bond donors (Lipinski definition) is 3. The quantitative estimate of drug-likeness (QED) is 0.360. The third-order valence-electron chi connectivity index (χ3n) is 7.50. The Kier molecular flexibility index (Phi) is 5.81. The number of aromatic nitrogens is 3. The highest BCUT2D eigenvalue weighted by Crippen LogP contribution is 2.33. The first-order valence-electron chi connectivity index (χ1n) is 12.6.